The van der Waals surface area contributed by atoms with Crippen molar-refractivity contribution in [1.29, 1.82) is 0 Å². The van der Waals surface area contributed by atoms with Crippen LogP contribution >= 0.6 is 0 Å². The van der Waals surface area contributed by atoms with Gasteiger partial charge in [-0.3, -0.25) is 43.9 Å². The Hall–Kier alpha value is -6.42. The molecule has 0 radical (unpaired) electrons. The summed E-state index contributed by atoms with van der Waals surface area (Å²) in [6.07, 6.45) is 8.34. The quantitative estimate of drug-likeness (QED) is 0.174. The first-order valence-corrected chi connectivity index (χ1v) is 20.7. The summed E-state index contributed by atoms with van der Waals surface area (Å²) in [4.78, 5) is 89.8. The first-order valence-electron chi connectivity index (χ1n) is 20.7. The van der Waals surface area contributed by atoms with E-state index in [-0.39, 0.29) is 47.9 Å². The summed E-state index contributed by atoms with van der Waals surface area (Å²) < 4.78 is 7.65. The molecule has 4 aromatic rings. The lowest BCUT2D eigenvalue weighted by molar-refractivity contribution is -0.136. The molecule has 16 nitrogen and oxygen atoms in total. The number of rotatable bonds is 10. The standard InChI is InChI=1S/C44H47N9O7/c1-25(2)60-37-21-32-28(19-35(37)47-40(55)34-22-46-52-14-4-13-45-39(34)52)24-51(42(32)57)29-11-15-49(16-12-29)23-26(3)27-9-17-50(18-10-27)30-5-6-31-33(20-30)44(59)53(43(31)58)36-7-8-38(54)48-41(36)56/h4-6,13-14,19-22,25,27,29,36H,3,7-12,15-18,23-24H2,1-2H3,(H,47,55)(H,48,54,56). The van der Waals surface area contributed by atoms with Gasteiger partial charge in [0, 0.05) is 75.4 Å². The predicted octanol–water partition coefficient (Wildman–Crippen LogP) is 4.06. The van der Waals surface area contributed by atoms with Crippen LogP contribution in [0.25, 0.3) is 5.65 Å². The molecule has 5 aliphatic heterocycles. The first-order chi connectivity index (χ1) is 28.9. The van der Waals surface area contributed by atoms with Crippen molar-refractivity contribution in [2.24, 2.45) is 5.92 Å². The van der Waals surface area contributed by atoms with E-state index in [0.29, 0.717) is 40.7 Å². The Morgan fingerprint density at radius 1 is 0.933 bits per heavy atom. The fourth-order valence-electron chi connectivity index (χ4n) is 9.29. The predicted molar refractivity (Wildman–Crippen MR) is 220 cm³/mol. The van der Waals surface area contributed by atoms with Gasteiger partial charge in [-0.15, -0.1) is 0 Å². The number of likely N-dealkylation sites (tertiary alicyclic amines) is 1. The van der Waals surface area contributed by atoms with Gasteiger partial charge in [-0.1, -0.05) is 12.2 Å². The summed E-state index contributed by atoms with van der Waals surface area (Å²) in [5.74, 6) is -1.64. The summed E-state index contributed by atoms with van der Waals surface area (Å²) in [5, 5.41) is 9.46. The molecule has 60 heavy (non-hydrogen) atoms. The molecule has 2 N–H and O–H groups in total. The molecule has 1 unspecified atom stereocenters. The molecule has 1 atom stereocenters. The highest BCUT2D eigenvalue weighted by Gasteiger charge is 2.45. The van der Waals surface area contributed by atoms with Crippen molar-refractivity contribution in [3.8, 4) is 5.75 Å². The second-order valence-corrected chi connectivity index (χ2v) is 16.6. The second-order valence-electron chi connectivity index (χ2n) is 16.6. The maximum atomic E-state index is 13.9. The molecule has 7 heterocycles. The van der Waals surface area contributed by atoms with Crippen LogP contribution in [0.2, 0.25) is 0 Å². The largest absolute Gasteiger partial charge is 0.489 e. The maximum absolute atomic E-state index is 13.9. The van der Waals surface area contributed by atoms with Crippen LogP contribution in [0.15, 0.2) is 67.1 Å². The van der Waals surface area contributed by atoms with E-state index in [2.05, 4.69) is 37.1 Å². The average molecular weight is 814 g/mol. The van der Waals surface area contributed by atoms with Gasteiger partial charge in [0.25, 0.3) is 23.6 Å². The minimum atomic E-state index is -0.991. The average Bonchev–Trinajstić information content (AvgIpc) is 3.89. The van der Waals surface area contributed by atoms with Gasteiger partial charge in [0.2, 0.25) is 11.8 Å². The van der Waals surface area contributed by atoms with Crippen LogP contribution in [0.1, 0.15) is 99.4 Å². The second kappa shape index (κ2) is 15.6. The Morgan fingerprint density at radius 3 is 2.45 bits per heavy atom. The van der Waals surface area contributed by atoms with Gasteiger partial charge in [0.05, 0.1) is 29.1 Å². The molecule has 0 spiro atoms. The molecule has 2 aromatic heterocycles. The van der Waals surface area contributed by atoms with E-state index < -0.39 is 29.7 Å². The summed E-state index contributed by atoms with van der Waals surface area (Å²) in [5.41, 5.74) is 5.33. The van der Waals surface area contributed by atoms with Gasteiger partial charge in [-0.25, -0.2) is 9.50 Å². The van der Waals surface area contributed by atoms with Crippen LogP contribution in [0, 0.1) is 5.92 Å². The van der Waals surface area contributed by atoms with Crippen molar-refractivity contribution in [2.75, 3.05) is 42.9 Å². The zero-order valence-electron chi connectivity index (χ0n) is 33.7. The first kappa shape index (κ1) is 39.1. The van der Waals surface area contributed by atoms with Crippen LogP contribution < -0.4 is 20.3 Å². The highest BCUT2D eigenvalue weighted by molar-refractivity contribution is 6.23. The number of hydrogen-bond donors (Lipinski definition) is 2. The Balaban J connectivity index is 0.777. The number of amides is 6. The number of aromatic nitrogens is 3. The number of nitrogens with zero attached hydrogens (tertiary/aromatic N) is 7. The molecule has 9 rings (SSSR count). The number of ether oxygens (including phenoxy) is 1. The number of anilines is 2. The van der Waals surface area contributed by atoms with Crippen molar-refractivity contribution in [3.05, 3.63) is 95.0 Å². The highest BCUT2D eigenvalue weighted by Crippen LogP contribution is 2.38. The van der Waals surface area contributed by atoms with E-state index in [9.17, 15) is 28.8 Å². The zero-order valence-corrected chi connectivity index (χ0v) is 33.7. The molecule has 5 aliphatic rings. The lowest BCUT2D eigenvalue weighted by Gasteiger charge is -2.39. The number of carbonyl (C=O) groups excluding carboxylic acids is 6. The maximum Gasteiger partial charge on any atom is 0.262 e. The third kappa shape index (κ3) is 7.18. The molecule has 0 bridgehead atoms. The Morgan fingerprint density at radius 2 is 1.70 bits per heavy atom. The summed E-state index contributed by atoms with van der Waals surface area (Å²) in [7, 11) is 0. The van der Waals surface area contributed by atoms with Gasteiger partial charge >= 0.3 is 0 Å². The van der Waals surface area contributed by atoms with Gasteiger partial charge in [0.1, 0.15) is 17.4 Å². The van der Waals surface area contributed by atoms with Crippen molar-refractivity contribution in [2.45, 2.75) is 77.1 Å². The van der Waals surface area contributed by atoms with E-state index >= 15 is 0 Å². The molecule has 3 fully saturated rings. The van der Waals surface area contributed by atoms with Crippen LogP contribution in [-0.2, 0) is 16.1 Å². The molecular formula is C44H47N9O7. The van der Waals surface area contributed by atoms with E-state index in [1.165, 1.54) is 11.8 Å². The SMILES string of the molecule is C=C(CN1CCC(N2Cc3cc(NC(=O)c4cnn5cccnc45)c(OC(C)C)cc3C2=O)CC1)C1CCN(c2ccc3c(c2)C(=O)N(C2CCC(=O)NC2=O)C3=O)CC1. The zero-order chi connectivity index (χ0) is 41.8. The Bertz CT molecular complexity index is 2460. The van der Waals surface area contributed by atoms with Gasteiger partial charge < -0.3 is 19.9 Å². The number of imide groups is 2. The van der Waals surface area contributed by atoms with Crippen LogP contribution in [0.5, 0.6) is 5.75 Å². The van der Waals surface area contributed by atoms with Crippen molar-refractivity contribution < 1.29 is 33.5 Å². The molecule has 3 saturated heterocycles. The van der Waals surface area contributed by atoms with Crippen LogP contribution in [0.4, 0.5) is 11.4 Å². The monoisotopic (exact) mass is 813 g/mol. The molecule has 16 heteroatoms. The smallest absolute Gasteiger partial charge is 0.262 e. The lowest BCUT2D eigenvalue weighted by Crippen LogP contribution is -2.54. The normalized spacial score (nSPS) is 20.3. The Kier molecular flexibility index (Phi) is 10.2. The number of nitrogens with one attached hydrogen (secondary N) is 2. The molecule has 2 aromatic carbocycles. The molecule has 0 aliphatic carbocycles. The third-order valence-electron chi connectivity index (χ3n) is 12.5. The number of fused-ring (bicyclic) bond motifs is 3. The summed E-state index contributed by atoms with van der Waals surface area (Å²) in [6.45, 7) is 12.8. The van der Waals surface area contributed by atoms with E-state index in [1.54, 1.807) is 41.2 Å². The highest BCUT2D eigenvalue weighted by atomic mass is 16.5. The fraction of sp³-hybridized carbons (Fsp3) is 0.409. The van der Waals surface area contributed by atoms with Crippen molar-refractivity contribution >= 4 is 52.5 Å². The number of carbonyl (C=O) groups is 6. The van der Waals surface area contributed by atoms with Gasteiger partial charge in [0.15, 0.2) is 5.65 Å². The molecular weight excluding hydrogens is 767 g/mol. The minimum absolute atomic E-state index is 0.0242. The summed E-state index contributed by atoms with van der Waals surface area (Å²) >= 11 is 0. The van der Waals surface area contributed by atoms with Gasteiger partial charge in [-0.05, 0) is 93.8 Å². The van der Waals surface area contributed by atoms with E-state index in [4.69, 9.17) is 4.74 Å². The molecule has 310 valence electrons. The number of hydrogen-bond acceptors (Lipinski definition) is 11. The van der Waals surface area contributed by atoms with Crippen molar-refractivity contribution in [1.82, 2.24) is 34.6 Å². The van der Waals surface area contributed by atoms with Crippen molar-refractivity contribution in [3.63, 3.8) is 0 Å². The van der Waals surface area contributed by atoms with E-state index in [1.807, 2.05) is 30.9 Å². The Labute approximate surface area is 346 Å². The minimum Gasteiger partial charge on any atom is -0.489 e. The lowest BCUT2D eigenvalue weighted by atomic mass is 9.89. The number of benzene rings is 2. The number of piperidine rings is 3. The fourth-order valence-corrected chi connectivity index (χ4v) is 9.29. The van der Waals surface area contributed by atoms with Crippen LogP contribution in [0.3, 0.4) is 0 Å². The van der Waals surface area contributed by atoms with E-state index in [0.717, 1.165) is 74.6 Å². The van der Waals surface area contributed by atoms with Crippen LogP contribution in [-0.4, -0.2) is 116 Å². The van der Waals surface area contributed by atoms with Gasteiger partial charge in [-0.2, -0.15) is 5.10 Å². The molecule has 6 amide bonds. The topological polar surface area (TPSA) is 179 Å². The molecule has 0 saturated carbocycles. The summed E-state index contributed by atoms with van der Waals surface area (Å²) in [6, 6.07) is 9.73. The third-order valence-corrected chi connectivity index (χ3v) is 12.5.